The van der Waals surface area contributed by atoms with Crippen LogP contribution in [0.5, 0.6) is 0 Å². The molecule has 1 aliphatic rings. The number of sulfonamides is 1. The van der Waals surface area contributed by atoms with Crippen LogP contribution in [0.3, 0.4) is 0 Å². The van der Waals surface area contributed by atoms with Crippen LogP contribution in [-0.4, -0.2) is 36.8 Å². The molecule has 0 spiro atoms. The van der Waals surface area contributed by atoms with E-state index in [-0.39, 0.29) is 4.90 Å². The van der Waals surface area contributed by atoms with Gasteiger partial charge in [0.15, 0.2) is 0 Å². The second kappa shape index (κ2) is 6.07. The predicted molar refractivity (Wildman–Crippen MR) is 81.0 cm³/mol. The van der Waals surface area contributed by atoms with Crippen molar-refractivity contribution in [2.24, 2.45) is 0 Å². The molecule has 0 amide bonds. The smallest absolute Gasteiger partial charge is 0.207 e. The lowest BCUT2D eigenvalue weighted by molar-refractivity contribution is 0.327. The van der Waals surface area contributed by atoms with Crippen molar-refractivity contribution in [2.45, 2.75) is 22.5 Å². The summed E-state index contributed by atoms with van der Waals surface area (Å²) < 4.78 is 26.0. The third kappa shape index (κ3) is 3.06. The van der Waals surface area contributed by atoms with Crippen LogP contribution >= 0.6 is 11.8 Å². The first-order valence-corrected chi connectivity index (χ1v) is 9.11. The molecule has 0 bridgehead atoms. The van der Waals surface area contributed by atoms with E-state index in [0.29, 0.717) is 31.5 Å². The lowest BCUT2D eigenvalue weighted by atomic mass is 9.99. The standard InChI is InChI=1S/C14H15N3O2S2/c1-20-14(11-16)6-8-17(9-7-14)21(18,19)13-4-2-12(10-15)3-5-13/h2-5H,6-9H2,1H3. The van der Waals surface area contributed by atoms with Gasteiger partial charge < -0.3 is 0 Å². The van der Waals surface area contributed by atoms with E-state index in [2.05, 4.69) is 6.07 Å². The fourth-order valence-corrected chi connectivity index (χ4v) is 4.42. The van der Waals surface area contributed by atoms with Crippen LogP contribution in [0.15, 0.2) is 29.2 Å². The molecule has 1 heterocycles. The Hall–Kier alpha value is -1.54. The van der Waals surface area contributed by atoms with Gasteiger partial charge in [-0.3, -0.25) is 0 Å². The summed E-state index contributed by atoms with van der Waals surface area (Å²) >= 11 is 1.49. The Bertz CT molecular complexity index is 691. The van der Waals surface area contributed by atoms with E-state index >= 15 is 0 Å². The highest BCUT2D eigenvalue weighted by Crippen LogP contribution is 2.35. The lowest BCUT2D eigenvalue weighted by Crippen LogP contribution is -2.44. The van der Waals surface area contributed by atoms with Crippen LogP contribution in [0, 0.1) is 22.7 Å². The van der Waals surface area contributed by atoms with Gasteiger partial charge in [0, 0.05) is 13.1 Å². The Kier molecular flexibility index (Phi) is 4.58. The van der Waals surface area contributed by atoms with E-state index in [0.717, 1.165) is 0 Å². The second-order valence-electron chi connectivity index (χ2n) is 4.85. The molecule has 1 aromatic carbocycles. The van der Waals surface area contributed by atoms with E-state index < -0.39 is 14.8 Å². The SMILES string of the molecule is CSC1(C#N)CCN(S(=O)(=O)c2ccc(C#N)cc2)CC1. The molecule has 2 rings (SSSR count). The third-order valence-corrected chi connectivity index (χ3v) is 6.94. The fraction of sp³-hybridized carbons (Fsp3) is 0.429. The quantitative estimate of drug-likeness (QED) is 0.849. The molecular weight excluding hydrogens is 306 g/mol. The highest BCUT2D eigenvalue weighted by atomic mass is 32.2. The van der Waals surface area contributed by atoms with Crippen LogP contribution < -0.4 is 0 Å². The normalized spacial score (nSPS) is 18.6. The van der Waals surface area contributed by atoms with Crippen LogP contribution in [0.2, 0.25) is 0 Å². The zero-order chi connectivity index (χ0) is 15.5. The monoisotopic (exact) mass is 321 g/mol. The minimum atomic E-state index is -3.55. The first-order valence-electron chi connectivity index (χ1n) is 6.44. The second-order valence-corrected chi connectivity index (χ2v) is 7.98. The fourth-order valence-electron chi connectivity index (χ4n) is 2.30. The molecule has 0 atom stereocenters. The summed E-state index contributed by atoms with van der Waals surface area (Å²) in [6.07, 6.45) is 2.94. The van der Waals surface area contributed by atoms with Gasteiger partial charge in [-0.25, -0.2) is 8.42 Å². The Morgan fingerprint density at radius 3 is 2.19 bits per heavy atom. The highest BCUT2D eigenvalue weighted by molar-refractivity contribution is 8.00. The van der Waals surface area contributed by atoms with Gasteiger partial charge in [-0.1, -0.05) is 0 Å². The van der Waals surface area contributed by atoms with Crippen LogP contribution in [0.1, 0.15) is 18.4 Å². The van der Waals surface area contributed by atoms with E-state index in [9.17, 15) is 13.7 Å². The molecule has 0 radical (unpaired) electrons. The van der Waals surface area contributed by atoms with E-state index in [4.69, 9.17) is 5.26 Å². The van der Waals surface area contributed by atoms with Gasteiger partial charge in [-0.2, -0.15) is 14.8 Å². The van der Waals surface area contributed by atoms with Crippen molar-refractivity contribution < 1.29 is 8.42 Å². The molecule has 110 valence electrons. The van der Waals surface area contributed by atoms with Gasteiger partial charge in [0.1, 0.15) is 4.75 Å². The maximum atomic E-state index is 12.5. The molecule has 1 fully saturated rings. The molecule has 5 nitrogen and oxygen atoms in total. The highest BCUT2D eigenvalue weighted by Gasteiger charge is 2.38. The van der Waals surface area contributed by atoms with Gasteiger partial charge in [0.2, 0.25) is 10.0 Å². The number of thioether (sulfide) groups is 1. The van der Waals surface area contributed by atoms with Crippen molar-refractivity contribution >= 4 is 21.8 Å². The molecular formula is C14H15N3O2S2. The van der Waals surface area contributed by atoms with Crippen LogP contribution in [0.25, 0.3) is 0 Å². The van der Waals surface area contributed by atoms with Crippen molar-refractivity contribution in [2.75, 3.05) is 19.3 Å². The minimum Gasteiger partial charge on any atom is -0.207 e. The van der Waals surface area contributed by atoms with Gasteiger partial charge in [-0.05, 0) is 43.4 Å². The van der Waals surface area contributed by atoms with Crippen molar-refractivity contribution in [3.63, 3.8) is 0 Å². The number of hydrogen-bond acceptors (Lipinski definition) is 5. The van der Waals surface area contributed by atoms with Crippen LogP contribution in [0.4, 0.5) is 0 Å². The summed E-state index contributed by atoms with van der Waals surface area (Å²) in [5, 5.41) is 18.0. The topological polar surface area (TPSA) is 85.0 Å². The summed E-state index contributed by atoms with van der Waals surface area (Å²) in [6.45, 7) is 0.688. The molecule has 0 N–H and O–H groups in total. The maximum Gasteiger partial charge on any atom is 0.243 e. The van der Waals surface area contributed by atoms with E-state index in [1.165, 1.54) is 40.3 Å². The Morgan fingerprint density at radius 1 is 1.19 bits per heavy atom. The molecule has 0 saturated carbocycles. The first-order chi connectivity index (χ1) is 9.97. The number of nitrogens with zero attached hydrogens (tertiary/aromatic N) is 3. The average molecular weight is 321 g/mol. The van der Waals surface area contributed by atoms with Crippen molar-refractivity contribution in [3.05, 3.63) is 29.8 Å². The molecule has 1 saturated heterocycles. The predicted octanol–water partition coefficient (Wildman–Crippen LogP) is 1.97. The van der Waals surface area contributed by atoms with E-state index in [1.54, 1.807) is 0 Å². The first kappa shape index (κ1) is 15.8. The summed E-state index contributed by atoms with van der Waals surface area (Å²) in [7, 11) is -3.55. The zero-order valence-electron chi connectivity index (χ0n) is 11.6. The molecule has 7 heteroatoms. The van der Waals surface area contributed by atoms with Gasteiger partial charge in [-0.15, -0.1) is 11.8 Å². The molecule has 21 heavy (non-hydrogen) atoms. The summed E-state index contributed by atoms with van der Waals surface area (Å²) in [4.78, 5) is 0.190. The number of hydrogen-bond donors (Lipinski definition) is 0. The molecule has 1 aliphatic heterocycles. The van der Waals surface area contributed by atoms with E-state index in [1.807, 2.05) is 12.3 Å². The van der Waals surface area contributed by atoms with Gasteiger partial charge in [0.05, 0.1) is 22.6 Å². The number of nitriles is 2. The molecule has 0 aromatic heterocycles. The Morgan fingerprint density at radius 2 is 1.76 bits per heavy atom. The molecule has 0 unspecified atom stereocenters. The van der Waals surface area contributed by atoms with Crippen molar-refractivity contribution in [1.82, 2.24) is 4.31 Å². The van der Waals surface area contributed by atoms with Crippen molar-refractivity contribution in [1.29, 1.82) is 10.5 Å². The van der Waals surface area contributed by atoms with Crippen molar-refractivity contribution in [3.8, 4) is 12.1 Å². The summed E-state index contributed by atoms with van der Waals surface area (Å²) in [5.74, 6) is 0. The molecule has 0 aliphatic carbocycles. The molecule has 1 aromatic rings. The largest absolute Gasteiger partial charge is 0.243 e. The Balaban J connectivity index is 2.19. The summed E-state index contributed by atoms with van der Waals surface area (Å²) in [6, 6.07) is 10.2. The third-order valence-electron chi connectivity index (χ3n) is 3.75. The minimum absolute atomic E-state index is 0.190. The van der Waals surface area contributed by atoms with Gasteiger partial charge >= 0.3 is 0 Å². The Labute approximate surface area is 129 Å². The maximum absolute atomic E-state index is 12.5. The number of piperidine rings is 1. The van der Waals surface area contributed by atoms with Gasteiger partial charge in [0.25, 0.3) is 0 Å². The number of benzene rings is 1. The lowest BCUT2D eigenvalue weighted by Gasteiger charge is -2.35. The number of rotatable bonds is 3. The van der Waals surface area contributed by atoms with Crippen LogP contribution in [-0.2, 0) is 10.0 Å². The average Bonchev–Trinajstić information content (AvgIpc) is 2.55. The zero-order valence-corrected chi connectivity index (χ0v) is 13.2. The summed E-state index contributed by atoms with van der Waals surface area (Å²) in [5.41, 5.74) is 0.429.